The molecular formula is C94H151N13O24. The fourth-order valence-corrected chi connectivity index (χ4v) is 19.2. The molecule has 1 aliphatic heterocycles. The normalized spacial score (nSPS) is 29.0. The van der Waals surface area contributed by atoms with Crippen LogP contribution in [0.5, 0.6) is 0 Å². The van der Waals surface area contributed by atoms with Crippen molar-refractivity contribution in [2.24, 2.45) is 70.0 Å². The van der Waals surface area contributed by atoms with Crippen LogP contribution in [-0.2, 0) is 100 Å². The average Bonchev–Trinajstić information content (AvgIpc) is 1.57. The summed E-state index contributed by atoms with van der Waals surface area (Å²) in [6, 6.07) is -13.8. The number of Topliss-reactive ketones (excluding diaryl/α,β-unsaturated/α-hetero) is 1. The molecular weight excluding hydrogens is 1700 g/mol. The molecule has 5 aliphatic rings. The van der Waals surface area contributed by atoms with Crippen LogP contribution in [0.2, 0.25) is 0 Å². The summed E-state index contributed by atoms with van der Waals surface area (Å²) >= 11 is 0. The molecule has 4 fully saturated rings. The van der Waals surface area contributed by atoms with Crippen molar-refractivity contribution >= 4 is 106 Å². The van der Waals surface area contributed by atoms with E-state index in [0.29, 0.717) is 19.3 Å². The number of esters is 3. The number of amides is 13. The molecule has 131 heavy (non-hydrogen) atoms. The van der Waals surface area contributed by atoms with Crippen molar-refractivity contribution in [1.82, 2.24) is 65.8 Å². The van der Waals surface area contributed by atoms with Gasteiger partial charge in [-0.1, -0.05) is 135 Å². The predicted molar refractivity (Wildman–Crippen MR) is 484 cm³/mol. The predicted octanol–water partition coefficient (Wildman–Crippen LogP) is 4.41. The van der Waals surface area contributed by atoms with Gasteiger partial charge in [-0.05, 0) is 157 Å². The summed E-state index contributed by atoms with van der Waals surface area (Å²) < 4.78 is 21.4. The number of allylic oxidation sites excluding steroid dienone is 6. The summed E-state index contributed by atoms with van der Waals surface area (Å²) in [5.41, 5.74) is -2.62. The average molecular weight is 1850 g/mol. The van der Waals surface area contributed by atoms with Gasteiger partial charge in [-0.2, -0.15) is 0 Å². The van der Waals surface area contributed by atoms with Gasteiger partial charge in [0.25, 0.3) is 0 Å². The number of carbonyl (C=O) groups excluding carboxylic acids is 18. The molecule has 4 aliphatic carbocycles. The van der Waals surface area contributed by atoms with Crippen LogP contribution in [0, 0.1) is 70.0 Å². The zero-order valence-electron chi connectivity index (χ0n) is 82.3. The number of ketones is 2. The Labute approximate surface area is 772 Å². The number of likely N-dealkylation sites (N-methyl/N-ethyl adjacent to an activating group) is 8. The summed E-state index contributed by atoms with van der Waals surface area (Å²) in [7, 11) is 10.6. The molecule has 37 nitrogen and oxygen atoms in total. The Kier molecular flexibility index (Phi) is 41.2. The molecule has 3 saturated carbocycles. The molecule has 5 rings (SSSR count). The first kappa shape index (κ1) is 111. The Morgan fingerprint density at radius 3 is 1.66 bits per heavy atom. The second-order valence-corrected chi connectivity index (χ2v) is 39.4. The highest BCUT2D eigenvalue weighted by Crippen LogP contribution is 2.67. The van der Waals surface area contributed by atoms with Crippen molar-refractivity contribution in [2.45, 2.75) is 293 Å². The van der Waals surface area contributed by atoms with Gasteiger partial charge < -0.3 is 94.9 Å². The number of fused-ring (bicyclic) bond motifs is 5. The Balaban J connectivity index is 1.43. The SMILES string of the molecule is C/C=C/C[C@@H](C)C(OC(=O)CN(C)C(=O)CNC(=O)OCOC(=O)CCC(=O)OCC(=O)[C@@]1(O)CCC2C3CCC4=CC(=O)C=C[C@]4(C)C3[C@@H](O)C[C@@]21C)C1C(=O)NC(CC)C(=O)N(C)CC(=O)N(C)[C@H](CC(C)C)C(=O)NC(C(C)C)C(=O)N(C)C(CC(C)C)C(=O)NC(C)C(=O)N[C@@H](C)C(=O)N(C)[C@@H](CC(C)C)C(=O)N(C)C(CC(C)C)C(=O)N(C)C(C(C)C)C(=O)N1C. The fourth-order valence-electron chi connectivity index (χ4n) is 19.2. The van der Waals surface area contributed by atoms with E-state index >= 15 is 19.2 Å². The van der Waals surface area contributed by atoms with Gasteiger partial charge in [0.05, 0.1) is 25.5 Å². The van der Waals surface area contributed by atoms with Gasteiger partial charge in [-0.3, -0.25) is 81.5 Å². The third-order valence-corrected chi connectivity index (χ3v) is 26.9. The van der Waals surface area contributed by atoms with Crippen LogP contribution in [-0.4, -0.2) is 324 Å². The first-order valence-corrected chi connectivity index (χ1v) is 46.1. The maximum absolute atomic E-state index is 16.0. The lowest BCUT2D eigenvalue weighted by atomic mass is 9.46. The molecule has 0 bridgehead atoms. The molecule has 13 amide bonds. The van der Waals surface area contributed by atoms with Crippen LogP contribution in [0.4, 0.5) is 4.79 Å². The standard InChI is InChI=1S/C94H151N13O24/c1-28-30-31-57(15)80(131-75(115)48-100(20)71(111)46-95-91(126)130-50-129-74(114)35-34-73(113)128-49-70(110)94(127)39-37-63-62-33-32-60-44-61(108)36-38-92(60,18)76(62)69(109)45-93(63,94)19)79-84(119)98-64(29-2)86(121)101(21)47-72(112)102(22)65(40-51(3)4)83(118)99-77(55(11)12)89(124)103(23)66(41-52(5)6)82(117)96-58(16)81(116)97-59(17)85(120)104(24)67(42-53(7)8)87(122)105(25)68(43-54(9)10)88(123)106(26)78(56(13)14)90(125)107(79)27/h28,30,36,38,44,51-59,62-69,76-80,109,127H,29,31-35,37,39-43,45-50H2,1-27H3,(H,95,126)(H,96,117)(H,97,116)(H,98,119)(H,99,118)/b30-28+/t57-,58?,59+,62?,63?,64?,65-,66?,67+,68?,69+,76?,77?,78?,79?,80?,92+,93+,94+/m1/s1. The van der Waals surface area contributed by atoms with Crippen LogP contribution in [0.15, 0.2) is 36.0 Å². The topological polar surface area (TPSA) is 471 Å². The van der Waals surface area contributed by atoms with E-state index in [-0.39, 0.29) is 98.6 Å². The first-order chi connectivity index (χ1) is 60.9. The molecule has 0 aromatic heterocycles. The van der Waals surface area contributed by atoms with Crippen LogP contribution in [0.1, 0.15) is 215 Å². The van der Waals surface area contributed by atoms with Crippen LogP contribution < -0.4 is 26.6 Å². The summed E-state index contributed by atoms with van der Waals surface area (Å²) in [6.07, 6.45) is 5.45. The number of aliphatic hydroxyl groups excluding tert-OH is 1. The van der Waals surface area contributed by atoms with E-state index in [1.165, 1.54) is 91.0 Å². The lowest BCUT2D eigenvalue weighted by Gasteiger charge is -2.59. The van der Waals surface area contributed by atoms with E-state index in [1.54, 1.807) is 73.6 Å². The quantitative estimate of drug-likeness (QED) is 0.0247. The van der Waals surface area contributed by atoms with Crippen molar-refractivity contribution in [3.8, 4) is 0 Å². The summed E-state index contributed by atoms with van der Waals surface area (Å²) in [5.74, 6) is -17.3. The summed E-state index contributed by atoms with van der Waals surface area (Å²) in [4.78, 5) is 267. The smallest absolute Gasteiger partial charge is 0.410 e. The molecule has 1 heterocycles. The maximum atomic E-state index is 16.0. The maximum Gasteiger partial charge on any atom is 0.410 e. The van der Waals surface area contributed by atoms with Crippen molar-refractivity contribution in [2.75, 3.05) is 89.4 Å². The number of hydrogen-bond acceptors (Lipinski definition) is 24. The minimum Gasteiger partial charge on any atom is -0.458 e. The lowest BCUT2D eigenvalue weighted by molar-refractivity contribution is -0.181. The largest absolute Gasteiger partial charge is 0.458 e. The van der Waals surface area contributed by atoms with Crippen LogP contribution in [0.25, 0.3) is 0 Å². The molecule has 7 N–H and O–H groups in total. The molecule has 37 heteroatoms. The van der Waals surface area contributed by atoms with Gasteiger partial charge in [0.15, 0.2) is 12.4 Å². The number of rotatable bonds is 28. The fraction of sp³-hybridized carbons (Fsp3) is 0.745. The molecule has 1 saturated heterocycles. The van der Waals surface area contributed by atoms with E-state index < -0.39 is 253 Å². The van der Waals surface area contributed by atoms with Gasteiger partial charge in [0, 0.05) is 73.1 Å². The van der Waals surface area contributed by atoms with Crippen molar-refractivity contribution in [3.63, 3.8) is 0 Å². The van der Waals surface area contributed by atoms with Crippen molar-refractivity contribution in [3.05, 3.63) is 36.0 Å². The number of hydrogen-bond donors (Lipinski definition) is 7. The third kappa shape index (κ3) is 28.0. The highest BCUT2D eigenvalue weighted by molar-refractivity contribution is 6.02. The Morgan fingerprint density at radius 1 is 0.595 bits per heavy atom. The second kappa shape index (κ2) is 48.5. The highest BCUT2D eigenvalue weighted by atomic mass is 16.7. The van der Waals surface area contributed by atoms with E-state index in [0.717, 1.165) is 30.1 Å². The number of nitrogens with zero attached hydrogens (tertiary/aromatic N) is 8. The monoisotopic (exact) mass is 1850 g/mol. The first-order valence-electron chi connectivity index (χ1n) is 46.1. The molecule has 0 aromatic carbocycles. The Bertz CT molecular complexity index is 4240. The number of nitrogens with one attached hydrogen (secondary N) is 5. The van der Waals surface area contributed by atoms with Gasteiger partial charge in [-0.15, -0.1) is 0 Å². The van der Waals surface area contributed by atoms with E-state index in [1.807, 2.05) is 68.4 Å². The minimum absolute atomic E-state index is 0.0200. The van der Waals surface area contributed by atoms with E-state index in [4.69, 9.17) is 18.9 Å². The van der Waals surface area contributed by atoms with E-state index in [2.05, 4.69) is 26.6 Å². The number of carbonyl (C=O) groups is 18. The number of ether oxygens (including phenoxy) is 4. The number of aliphatic hydroxyl groups is 2. The molecule has 0 spiro atoms. The summed E-state index contributed by atoms with van der Waals surface area (Å²) in [6.45, 7) is 28.5. The molecule has 0 aromatic rings. The minimum atomic E-state index is -1.94. The van der Waals surface area contributed by atoms with Gasteiger partial charge >= 0.3 is 24.0 Å². The van der Waals surface area contributed by atoms with Crippen molar-refractivity contribution < 1.29 is 115 Å². The Hall–Kier alpha value is -10.2. The summed E-state index contributed by atoms with van der Waals surface area (Å²) in [5, 5.41) is 37.0. The second-order valence-electron chi connectivity index (χ2n) is 39.4. The molecule has 0 radical (unpaired) electrons. The lowest BCUT2D eigenvalue weighted by Crippen LogP contribution is -2.64. The van der Waals surface area contributed by atoms with Gasteiger partial charge in [0.1, 0.15) is 85.2 Å². The number of alkyl carbamates (subject to hydrolysis) is 1. The van der Waals surface area contributed by atoms with Crippen LogP contribution >= 0.6 is 0 Å². The van der Waals surface area contributed by atoms with Crippen molar-refractivity contribution in [1.29, 1.82) is 0 Å². The van der Waals surface area contributed by atoms with Gasteiger partial charge in [0.2, 0.25) is 83.5 Å². The highest BCUT2D eigenvalue weighted by Gasteiger charge is 2.68. The zero-order chi connectivity index (χ0) is 99.4. The Morgan fingerprint density at radius 2 is 1.11 bits per heavy atom. The zero-order valence-corrected chi connectivity index (χ0v) is 82.3. The molecule has 19 atom stereocenters. The molecule has 736 valence electrons. The molecule has 11 unspecified atom stereocenters. The van der Waals surface area contributed by atoms with Crippen LogP contribution in [0.3, 0.4) is 0 Å². The van der Waals surface area contributed by atoms with E-state index in [9.17, 15) is 77.3 Å². The van der Waals surface area contributed by atoms with Gasteiger partial charge in [-0.25, -0.2) is 4.79 Å². The third-order valence-electron chi connectivity index (χ3n) is 26.9.